The SMILES string of the molecule is N#CCOc1cccn(Cc2ccccc2C(=O)O)c1=O. The Morgan fingerprint density at radius 3 is 2.76 bits per heavy atom. The molecule has 2 rings (SSSR count). The summed E-state index contributed by atoms with van der Waals surface area (Å²) in [6.07, 6.45) is 1.54. The van der Waals surface area contributed by atoms with Crippen LogP contribution in [0.4, 0.5) is 0 Å². The first kappa shape index (κ1) is 14.3. The van der Waals surface area contributed by atoms with Crippen molar-refractivity contribution in [1.29, 1.82) is 5.26 Å². The van der Waals surface area contributed by atoms with Gasteiger partial charge in [0.1, 0.15) is 6.07 Å². The van der Waals surface area contributed by atoms with Gasteiger partial charge < -0.3 is 14.4 Å². The molecule has 0 atom stereocenters. The Kier molecular flexibility index (Phi) is 4.36. The van der Waals surface area contributed by atoms with Gasteiger partial charge >= 0.3 is 5.97 Å². The van der Waals surface area contributed by atoms with E-state index in [1.165, 1.54) is 16.7 Å². The van der Waals surface area contributed by atoms with Crippen molar-refractivity contribution >= 4 is 5.97 Å². The minimum absolute atomic E-state index is 0.0619. The normalized spacial score (nSPS) is 9.86. The van der Waals surface area contributed by atoms with Crippen LogP contribution in [0.15, 0.2) is 47.4 Å². The lowest BCUT2D eigenvalue weighted by atomic mass is 10.1. The van der Waals surface area contributed by atoms with Gasteiger partial charge in [-0.2, -0.15) is 5.26 Å². The average molecular weight is 284 g/mol. The topological polar surface area (TPSA) is 92.3 Å². The third-order valence-corrected chi connectivity index (χ3v) is 2.87. The molecule has 1 N–H and O–H groups in total. The molecule has 0 bridgehead atoms. The van der Waals surface area contributed by atoms with Crippen LogP contribution in [0, 0.1) is 11.3 Å². The number of carbonyl (C=O) groups is 1. The maximum Gasteiger partial charge on any atom is 0.336 e. The number of pyridine rings is 1. The van der Waals surface area contributed by atoms with E-state index in [1.807, 2.05) is 0 Å². The quantitative estimate of drug-likeness (QED) is 0.898. The van der Waals surface area contributed by atoms with Crippen LogP contribution in [-0.2, 0) is 6.54 Å². The van der Waals surface area contributed by atoms with Crippen molar-refractivity contribution in [2.45, 2.75) is 6.54 Å². The number of carboxylic acids is 1. The number of nitriles is 1. The Morgan fingerprint density at radius 2 is 2.05 bits per heavy atom. The highest BCUT2D eigenvalue weighted by molar-refractivity contribution is 5.89. The molecule has 0 unspecified atom stereocenters. The molecule has 0 spiro atoms. The smallest absolute Gasteiger partial charge is 0.336 e. The van der Waals surface area contributed by atoms with Gasteiger partial charge in [-0.3, -0.25) is 4.79 Å². The van der Waals surface area contributed by atoms with E-state index in [0.29, 0.717) is 5.56 Å². The molecule has 0 saturated carbocycles. The van der Waals surface area contributed by atoms with E-state index in [2.05, 4.69) is 0 Å². The summed E-state index contributed by atoms with van der Waals surface area (Å²) in [6, 6.07) is 11.3. The average Bonchev–Trinajstić information content (AvgIpc) is 2.48. The summed E-state index contributed by atoms with van der Waals surface area (Å²) in [6.45, 7) is -0.101. The van der Waals surface area contributed by atoms with Crippen molar-refractivity contribution in [3.05, 3.63) is 64.1 Å². The molecule has 1 heterocycles. The number of carboxylic acid groups (broad SMARTS) is 1. The highest BCUT2D eigenvalue weighted by atomic mass is 16.5. The van der Waals surface area contributed by atoms with Gasteiger partial charge in [-0.15, -0.1) is 0 Å². The number of hydrogen-bond donors (Lipinski definition) is 1. The molecule has 2 aromatic rings. The molecular weight excluding hydrogens is 272 g/mol. The third-order valence-electron chi connectivity index (χ3n) is 2.87. The zero-order valence-corrected chi connectivity index (χ0v) is 11.0. The van der Waals surface area contributed by atoms with Gasteiger partial charge in [0.25, 0.3) is 5.56 Å². The standard InChI is InChI=1S/C15H12N2O4/c16-7-9-21-13-6-3-8-17(14(13)18)10-11-4-1-2-5-12(11)15(19)20/h1-6,8H,9-10H2,(H,19,20). The summed E-state index contributed by atoms with van der Waals surface area (Å²) < 4.78 is 6.37. The molecule has 0 fully saturated rings. The first-order chi connectivity index (χ1) is 10.1. The van der Waals surface area contributed by atoms with Crippen LogP contribution in [0.1, 0.15) is 15.9 Å². The van der Waals surface area contributed by atoms with Crippen LogP contribution >= 0.6 is 0 Å². The molecule has 0 radical (unpaired) electrons. The Morgan fingerprint density at radius 1 is 1.29 bits per heavy atom. The third kappa shape index (κ3) is 3.28. The van der Waals surface area contributed by atoms with E-state index in [4.69, 9.17) is 15.1 Å². The van der Waals surface area contributed by atoms with E-state index in [9.17, 15) is 9.59 Å². The van der Waals surface area contributed by atoms with E-state index >= 15 is 0 Å². The molecule has 0 aliphatic carbocycles. The molecule has 1 aromatic heterocycles. The van der Waals surface area contributed by atoms with Crippen molar-refractivity contribution in [2.75, 3.05) is 6.61 Å². The van der Waals surface area contributed by atoms with Crippen LogP contribution in [0.3, 0.4) is 0 Å². The lowest BCUT2D eigenvalue weighted by Crippen LogP contribution is -2.22. The second-order valence-electron chi connectivity index (χ2n) is 4.21. The maximum atomic E-state index is 12.1. The van der Waals surface area contributed by atoms with Gasteiger partial charge in [0, 0.05) is 6.20 Å². The molecule has 21 heavy (non-hydrogen) atoms. The minimum Gasteiger partial charge on any atom is -0.478 e. The van der Waals surface area contributed by atoms with Crippen LogP contribution in [0.2, 0.25) is 0 Å². The summed E-state index contributed by atoms with van der Waals surface area (Å²) in [4.78, 5) is 23.3. The fourth-order valence-corrected chi connectivity index (χ4v) is 1.91. The summed E-state index contributed by atoms with van der Waals surface area (Å²) in [5, 5.41) is 17.6. The molecule has 106 valence electrons. The molecule has 1 aromatic carbocycles. The Balaban J connectivity index is 2.35. The second-order valence-corrected chi connectivity index (χ2v) is 4.21. The summed E-state index contributed by atoms with van der Waals surface area (Å²) >= 11 is 0. The van der Waals surface area contributed by atoms with Crippen molar-refractivity contribution in [1.82, 2.24) is 4.57 Å². The van der Waals surface area contributed by atoms with Gasteiger partial charge in [0.2, 0.25) is 0 Å². The van der Waals surface area contributed by atoms with Crippen molar-refractivity contribution in [3.63, 3.8) is 0 Å². The van der Waals surface area contributed by atoms with Crippen molar-refractivity contribution < 1.29 is 14.6 Å². The highest BCUT2D eigenvalue weighted by Crippen LogP contribution is 2.11. The minimum atomic E-state index is -1.05. The Hall–Kier alpha value is -3.07. The molecule has 6 heteroatoms. The molecular formula is C15H12N2O4. The number of ether oxygens (including phenoxy) is 1. The lowest BCUT2D eigenvalue weighted by molar-refractivity contribution is 0.0695. The van der Waals surface area contributed by atoms with Crippen LogP contribution in [0.5, 0.6) is 5.75 Å². The number of nitrogens with zero attached hydrogens (tertiary/aromatic N) is 2. The van der Waals surface area contributed by atoms with E-state index in [0.717, 1.165) is 0 Å². The number of benzene rings is 1. The molecule has 0 amide bonds. The summed E-state index contributed by atoms with van der Waals surface area (Å²) in [5.41, 5.74) is 0.255. The van der Waals surface area contributed by atoms with Gasteiger partial charge in [-0.1, -0.05) is 18.2 Å². The van der Waals surface area contributed by atoms with Gasteiger partial charge in [0.05, 0.1) is 12.1 Å². The first-order valence-electron chi connectivity index (χ1n) is 6.14. The molecule has 0 aliphatic heterocycles. The Bertz CT molecular complexity index is 759. The van der Waals surface area contributed by atoms with Crippen molar-refractivity contribution in [3.8, 4) is 11.8 Å². The van der Waals surface area contributed by atoms with Gasteiger partial charge in [-0.25, -0.2) is 4.79 Å². The number of rotatable bonds is 5. The Labute approximate surface area is 120 Å². The first-order valence-corrected chi connectivity index (χ1v) is 6.14. The number of aromatic nitrogens is 1. The van der Waals surface area contributed by atoms with Gasteiger partial charge in [0.15, 0.2) is 12.4 Å². The van der Waals surface area contributed by atoms with Gasteiger partial charge in [-0.05, 0) is 23.8 Å². The monoisotopic (exact) mass is 284 g/mol. The number of aromatic carboxylic acids is 1. The zero-order chi connectivity index (χ0) is 15.2. The van der Waals surface area contributed by atoms with Crippen LogP contribution in [-0.4, -0.2) is 22.2 Å². The summed E-state index contributed by atoms with van der Waals surface area (Å²) in [5.74, 6) is -0.984. The summed E-state index contributed by atoms with van der Waals surface area (Å²) in [7, 11) is 0. The fourth-order valence-electron chi connectivity index (χ4n) is 1.91. The van der Waals surface area contributed by atoms with Crippen LogP contribution in [0.25, 0.3) is 0 Å². The molecule has 0 saturated heterocycles. The zero-order valence-electron chi connectivity index (χ0n) is 11.0. The molecule has 0 aliphatic rings. The van der Waals surface area contributed by atoms with Crippen LogP contribution < -0.4 is 10.3 Å². The lowest BCUT2D eigenvalue weighted by Gasteiger charge is -2.10. The second kappa shape index (κ2) is 6.39. The number of hydrogen-bond acceptors (Lipinski definition) is 4. The van der Waals surface area contributed by atoms with Crippen molar-refractivity contribution in [2.24, 2.45) is 0 Å². The predicted molar refractivity (Wildman–Crippen MR) is 74.3 cm³/mol. The fraction of sp³-hybridized carbons (Fsp3) is 0.133. The van der Waals surface area contributed by atoms with E-state index < -0.39 is 11.5 Å². The maximum absolute atomic E-state index is 12.1. The highest BCUT2D eigenvalue weighted by Gasteiger charge is 2.11. The molecule has 6 nitrogen and oxygen atoms in total. The van der Waals surface area contributed by atoms with E-state index in [1.54, 1.807) is 36.5 Å². The van der Waals surface area contributed by atoms with E-state index in [-0.39, 0.29) is 24.5 Å². The predicted octanol–water partition coefficient (Wildman–Crippen LogP) is 1.50. The largest absolute Gasteiger partial charge is 0.478 e.